The fourth-order valence-corrected chi connectivity index (χ4v) is 3.36. The molecule has 1 saturated heterocycles. The predicted molar refractivity (Wildman–Crippen MR) is 102 cm³/mol. The number of nitrogens with zero attached hydrogens (tertiary/aromatic N) is 1. The Labute approximate surface area is 152 Å². The zero-order valence-corrected chi connectivity index (χ0v) is 14.9. The van der Waals surface area contributed by atoms with Crippen molar-refractivity contribution in [2.24, 2.45) is 0 Å². The quantitative estimate of drug-likeness (QED) is 0.812. The average Bonchev–Trinajstić information content (AvgIpc) is 2.62. The summed E-state index contributed by atoms with van der Waals surface area (Å²) in [5.41, 5.74) is 1.20. The summed E-state index contributed by atoms with van der Waals surface area (Å²) >= 11 is 11.6. The molecule has 0 unspecified atom stereocenters. The third-order valence-electron chi connectivity index (χ3n) is 4.38. The fourth-order valence-electron chi connectivity index (χ4n) is 2.99. The molecule has 2 aromatic rings. The third-order valence-corrected chi connectivity index (χ3v) is 4.86. The van der Waals surface area contributed by atoms with Crippen LogP contribution in [0.5, 0.6) is 0 Å². The molecule has 3 rings (SSSR count). The lowest BCUT2D eigenvalue weighted by molar-refractivity contribution is 0.0515. The van der Waals surface area contributed by atoms with Crippen LogP contribution < -0.4 is 10.6 Å². The van der Waals surface area contributed by atoms with E-state index in [0.29, 0.717) is 5.11 Å². The monoisotopic (exact) mass is 361 g/mol. The number of rotatable bonds is 4. The molecule has 0 bridgehead atoms. The van der Waals surface area contributed by atoms with Crippen molar-refractivity contribution in [3.05, 3.63) is 59.2 Å². The van der Waals surface area contributed by atoms with E-state index in [1.807, 2.05) is 36.4 Å². The molecule has 0 amide bonds. The normalized spacial score (nSPS) is 16.4. The van der Waals surface area contributed by atoms with Gasteiger partial charge in [0, 0.05) is 36.4 Å². The van der Waals surface area contributed by atoms with Crippen LogP contribution in [0.15, 0.2) is 48.7 Å². The molecule has 0 atom stereocenters. The van der Waals surface area contributed by atoms with Gasteiger partial charge in [-0.05, 0) is 54.9 Å². The van der Waals surface area contributed by atoms with Crippen molar-refractivity contribution in [2.45, 2.75) is 18.3 Å². The van der Waals surface area contributed by atoms with Gasteiger partial charge in [-0.25, -0.2) is 4.98 Å². The number of anilines is 1. The maximum Gasteiger partial charge on any atom is 0.171 e. The average molecular weight is 362 g/mol. The largest absolute Gasteiger partial charge is 0.381 e. The lowest BCUT2D eigenvalue weighted by atomic mass is 9.74. The molecule has 2 N–H and O–H groups in total. The SMILES string of the molecule is S=C(NCC1(c2cccc(Cl)c2)CCOCC1)Nc1ccccn1. The first-order valence-electron chi connectivity index (χ1n) is 7.98. The molecule has 2 heterocycles. The van der Waals surface area contributed by atoms with Crippen LogP contribution in [0.1, 0.15) is 18.4 Å². The van der Waals surface area contributed by atoms with Crippen molar-refractivity contribution in [3.63, 3.8) is 0 Å². The number of nitrogens with one attached hydrogen (secondary N) is 2. The second-order valence-corrected chi connectivity index (χ2v) is 6.77. The van der Waals surface area contributed by atoms with E-state index in [-0.39, 0.29) is 5.41 Å². The Morgan fingerprint density at radius 3 is 2.75 bits per heavy atom. The molecular formula is C18H20ClN3OS. The zero-order valence-electron chi connectivity index (χ0n) is 13.3. The van der Waals surface area contributed by atoms with Crippen LogP contribution in [0.4, 0.5) is 5.82 Å². The first kappa shape index (κ1) is 17.1. The maximum absolute atomic E-state index is 6.20. The molecule has 4 nitrogen and oxygen atoms in total. The van der Waals surface area contributed by atoms with E-state index in [1.165, 1.54) is 5.56 Å². The molecule has 0 spiro atoms. The van der Waals surface area contributed by atoms with Crippen LogP contribution in [-0.2, 0) is 10.2 Å². The summed E-state index contributed by atoms with van der Waals surface area (Å²) in [5.74, 6) is 0.735. The Hall–Kier alpha value is -1.69. The first-order chi connectivity index (χ1) is 11.7. The Bertz CT molecular complexity index is 690. The number of hydrogen-bond donors (Lipinski definition) is 2. The van der Waals surface area contributed by atoms with E-state index in [0.717, 1.165) is 43.4 Å². The van der Waals surface area contributed by atoms with Crippen LogP contribution in [0.3, 0.4) is 0 Å². The smallest absolute Gasteiger partial charge is 0.171 e. The van der Waals surface area contributed by atoms with Gasteiger partial charge in [-0.1, -0.05) is 29.8 Å². The van der Waals surface area contributed by atoms with Gasteiger partial charge < -0.3 is 15.4 Å². The number of hydrogen-bond acceptors (Lipinski definition) is 3. The van der Waals surface area contributed by atoms with E-state index in [1.54, 1.807) is 6.20 Å². The Kier molecular flexibility index (Phi) is 5.66. The summed E-state index contributed by atoms with van der Waals surface area (Å²) in [5, 5.41) is 7.78. The van der Waals surface area contributed by atoms with Gasteiger partial charge in [-0.2, -0.15) is 0 Å². The second-order valence-electron chi connectivity index (χ2n) is 5.93. The molecule has 1 aromatic carbocycles. The van der Waals surface area contributed by atoms with Crippen LogP contribution in [0.2, 0.25) is 5.02 Å². The number of aromatic nitrogens is 1. The van der Waals surface area contributed by atoms with Crippen LogP contribution in [-0.4, -0.2) is 29.9 Å². The van der Waals surface area contributed by atoms with Crippen molar-refractivity contribution in [3.8, 4) is 0 Å². The molecule has 0 saturated carbocycles. The standard InChI is InChI=1S/C18H20ClN3OS/c19-15-5-3-4-14(12-15)18(7-10-23-11-8-18)13-21-17(24)22-16-6-1-2-9-20-16/h1-6,9,12H,7-8,10-11,13H2,(H2,20,21,22,24). The lowest BCUT2D eigenvalue weighted by Gasteiger charge is -2.38. The van der Waals surface area contributed by atoms with Crippen LogP contribution >= 0.6 is 23.8 Å². The van der Waals surface area contributed by atoms with Crippen LogP contribution in [0.25, 0.3) is 0 Å². The van der Waals surface area contributed by atoms with Gasteiger partial charge in [0.25, 0.3) is 0 Å². The minimum Gasteiger partial charge on any atom is -0.381 e. The highest BCUT2D eigenvalue weighted by Gasteiger charge is 2.34. The van der Waals surface area contributed by atoms with Gasteiger partial charge >= 0.3 is 0 Å². The Morgan fingerprint density at radius 2 is 2.04 bits per heavy atom. The summed E-state index contributed by atoms with van der Waals surface area (Å²) in [7, 11) is 0. The number of halogens is 1. The van der Waals surface area contributed by atoms with Crippen molar-refractivity contribution in [2.75, 3.05) is 25.1 Å². The molecule has 6 heteroatoms. The van der Waals surface area contributed by atoms with E-state index in [2.05, 4.69) is 21.7 Å². The topological polar surface area (TPSA) is 46.2 Å². The molecule has 0 radical (unpaired) electrons. The Balaban J connectivity index is 1.70. The van der Waals surface area contributed by atoms with Crippen LogP contribution in [0, 0.1) is 0 Å². The molecule has 24 heavy (non-hydrogen) atoms. The summed E-state index contributed by atoms with van der Waals surface area (Å²) in [4.78, 5) is 4.22. The van der Waals surface area contributed by atoms with E-state index >= 15 is 0 Å². The van der Waals surface area contributed by atoms with Gasteiger partial charge in [-0.15, -0.1) is 0 Å². The molecule has 1 aromatic heterocycles. The maximum atomic E-state index is 6.20. The molecule has 1 aliphatic heterocycles. The highest BCUT2D eigenvalue weighted by molar-refractivity contribution is 7.80. The van der Waals surface area contributed by atoms with E-state index in [4.69, 9.17) is 28.6 Å². The number of ether oxygens (including phenoxy) is 1. The highest BCUT2D eigenvalue weighted by atomic mass is 35.5. The van der Waals surface area contributed by atoms with Gasteiger partial charge in [0.1, 0.15) is 5.82 Å². The Morgan fingerprint density at radius 1 is 1.21 bits per heavy atom. The number of benzene rings is 1. The first-order valence-corrected chi connectivity index (χ1v) is 8.76. The molecule has 1 aliphatic rings. The van der Waals surface area contributed by atoms with E-state index < -0.39 is 0 Å². The summed E-state index contributed by atoms with van der Waals surface area (Å²) in [6, 6.07) is 13.8. The van der Waals surface area contributed by atoms with Crippen molar-refractivity contribution < 1.29 is 4.74 Å². The summed E-state index contributed by atoms with van der Waals surface area (Å²) < 4.78 is 5.56. The zero-order chi connectivity index (χ0) is 16.8. The number of thiocarbonyl (C=S) groups is 1. The van der Waals surface area contributed by atoms with Gasteiger partial charge in [0.05, 0.1) is 0 Å². The summed E-state index contributed by atoms with van der Waals surface area (Å²) in [6.45, 7) is 2.22. The van der Waals surface area contributed by atoms with Gasteiger partial charge in [0.15, 0.2) is 5.11 Å². The minimum absolute atomic E-state index is 0.0288. The predicted octanol–water partition coefficient (Wildman–Crippen LogP) is 3.77. The molecule has 0 aliphatic carbocycles. The second kappa shape index (κ2) is 7.92. The molecule has 126 valence electrons. The highest BCUT2D eigenvalue weighted by Crippen LogP contribution is 2.35. The lowest BCUT2D eigenvalue weighted by Crippen LogP contribution is -2.45. The molecular weight excluding hydrogens is 342 g/mol. The molecule has 1 fully saturated rings. The third kappa shape index (κ3) is 4.23. The minimum atomic E-state index is -0.0288. The van der Waals surface area contributed by atoms with Gasteiger partial charge in [-0.3, -0.25) is 0 Å². The fraction of sp³-hybridized carbons (Fsp3) is 0.333. The summed E-state index contributed by atoms with van der Waals surface area (Å²) in [6.07, 6.45) is 3.61. The van der Waals surface area contributed by atoms with Crippen molar-refractivity contribution in [1.29, 1.82) is 0 Å². The number of pyridine rings is 1. The van der Waals surface area contributed by atoms with Gasteiger partial charge in [0.2, 0.25) is 0 Å². The van der Waals surface area contributed by atoms with E-state index in [9.17, 15) is 0 Å². The van der Waals surface area contributed by atoms with Crippen molar-refractivity contribution in [1.82, 2.24) is 10.3 Å². The van der Waals surface area contributed by atoms with Crippen molar-refractivity contribution >= 4 is 34.7 Å².